The second-order valence-corrected chi connectivity index (χ2v) is 6.60. The predicted molar refractivity (Wildman–Crippen MR) is 104 cm³/mol. The van der Waals surface area contributed by atoms with Crippen molar-refractivity contribution < 1.29 is 19.2 Å². The lowest BCUT2D eigenvalue weighted by Crippen LogP contribution is -2.32. The average Bonchev–Trinajstić information content (AvgIpc) is 3.19. The quantitative estimate of drug-likeness (QED) is 0.588. The zero-order valence-electron chi connectivity index (χ0n) is 15.4. The summed E-state index contributed by atoms with van der Waals surface area (Å²) in [6.07, 6.45) is 1.92. The van der Waals surface area contributed by atoms with E-state index in [4.69, 9.17) is 4.74 Å². The summed E-state index contributed by atoms with van der Waals surface area (Å²) >= 11 is 0. The summed E-state index contributed by atoms with van der Waals surface area (Å²) < 4.78 is 5.50. The molecule has 2 N–H and O–H groups in total. The fourth-order valence-electron chi connectivity index (χ4n) is 3.09. The van der Waals surface area contributed by atoms with Gasteiger partial charge >= 0.3 is 0 Å². The second kappa shape index (κ2) is 8.62. The minimum Gasteiger partial charge on any atom is -0.376 e. The van der Waals surface area contributed by atoms with Crippen LogP contribution in [0, 0.1) is 17.0 Å². The van der Waals surface area contributed by atoms with Gasteiger partial charge in [0, 0.05) is 30.3 Å². The fraction of sp³-hybridized carbons (Fsp3) is 0.300. The number of para-hydroxylation sites is 1. The fourth-order valence-corrected chi connectivity index (χ4v) is 3.09. The maximum absolute atomic E-state index is 12.6. The molecule has 1 atom stereocenters. The van der Waals surface area contributed by atoms with Crippen LogP contribution in [-0.2, 0) is 4.74 Å². The maximum atomic E-state index is 12.6. The Balaban J connectivity index is 1.71. The monoisotopic (exact) mass is 383 g/mol. The number of rotatable bonds is 6. The van der Waals surface area contributed by atoms with E-state index < -0.39 is 10.8 Å². The molecule has 8 nitrogen and oxygen atoms in total. The third-order valence-corrected chi connectivity index (χ3v) is 4.59. The Hall–Kier alpha value is -3.26. The van der Waals surface area contributed by atoms with Crippen molar-refractivity contribution in [3.05, 3.63) is 69.3 Å². The van der Waals surface area contributed by atoms with Crippen LogP contribution in [0.15, 0.2) is 42.5 Å². The molecule has 146 valence electrons. The van der Waals surface area contributed by atoms with Gasteiger partial charge in [-0.25, -0.2) is 0 Å². The van der Waals surface area contributed by atoms with Gasteiger partial charge in [-0.1, -0.05) is 12.1 Å². The van der Waals surface area contributed by atoms with Crippen molar-refractivity contribution in [1.82, 2.24) is 5.32 Å². The Morgan fingerprint density at radius 2 is 2.00 bits per heavy atom. The highest BCUT2D eigenvalue weighted by Gasteiger charge is 2.19. The Labute approximate surface area is 162 Å². The topological polar surface area (TPSA) is 111 Å². The molecule has 0 unspecified atom stereocenters. The van der Waals surface area contributed by atoms with Crippen LogP contribution in [0.5, 0.6) is 0 Å². The SMILES string of the molecule is Cc1cc(C(=O)Nc2ccccc2C(=O)NC[C@@H]2CCCO2)ccc1[N+](=O)[O-]. The lowest BCUT2D eigenvalue weighted by molar-refractivity contribution is -0.385. The lowest BCUT2D eigenvalue weighted by Gasteiger charge is -2.14. The molecule has 0 radical (unpaired) electrons. The van der Waals surface area contributed by atoms with Gasteiger partial charge in [-0.2, -0.15) is 0 Å². The summed E-state index contributed by atoms with van der Waals surface area (Å²) in [5.74, 6) is -0.747. The zero-order valence-corrected chi connectivity index (χ0v) is 15.4. The number of aryl methyl sites for hydroxylation is 1. The van der Waals surface area contributed by atoms with Gasteiger partial charge < -0.3 is 15.4 Å². The molecule has 0 saturated carbocycles. The number of carbonyl (C=O) groups is 2. The lowest BCUT2D eigenvalue weighted by atomic mass is 10.1. The summed E-state index contributed by atoms with van der Waals surface area (Å²) in [4.78, 5) is 35.5. The number of nitrogens with zero attached hydrogens (tertiary/aromatic N) is 1. The number of nitro benzene ring substituents is 1. The Bertz CT molecular complexity index is 906. The molecule has 1 saturated heterocycles. The third-order valence-electron chi connectivity index (χ3n) is 4.59. The normalized spacial score (nSPS) is 15.8. The van der Waals surface area contributed by atoms with E-state index in [2.05, 4.69) is 10.6 Å². The summed E-state index contributed by atoms with van der Waals surface area (Å²) in [6.45, 7) is 2.70. The number of anilines is 1. The smallest absolute Gasteiger partial charge is 0.272 e. The van der Waals surface area contributed by atoms with Crippen molar-refractivity contribution in [1.29, 1.82) is 0 Å². The van der Waals surface area contributed by atoms with E-state index in [1.54, 1.807) is 31.2 Å². The highest BCUT2D eigenvalue weighted by Crippen LogP contribution is 2.21. The van der Waals surface area contributed by atoms with Crippen LogP contribution in [0.1, 0.15) is 39.1 Å². The van der Waals surface area contributed by atoms with E-state index in [-0.39, 0.29) is 23.3 Å². The molecule has 8 heteroatoms. The van der Waals surface area contributed by atoms with Gasteiger partial charge in [0.1, 0.15) is 0 Å². The van der Waals surface area contributed by atoms with Crippen molar-refractivity contribution in [3.8, 4) is 0 Å². The average molecular weight is 383 g/mol. The number of nitrogens with one attached hydrogen (secondary N) is 2. The summed E-state index contributed by atoms with van der Waals surface area (Å²) in [5.41, 5.74) is 1.32. The van der Waals surface area contributed by atoms with E-state index in [9.17, 15) is 19.7 Å². The van der Waals surface area contributed by atoms with Gasteiger partial charge in [-0.15, -0.1) is 0 Å². The second-order valence-electron chi connectivity index (χ2n) is 6.60. The van der Waals surface area contributed by atoms with Gasteiger partial charge in [0.15, 0.2) is 0 Å². The van der Waals surface area contributed by atoms with Crippen LogP contribution >= 0.6 is 0 Å². The molecule has 2 aromatic rings. The van der Waals surface area contributed by atoms with Gasteiger partial charge in [-0.05, 0) is 44.0 Å². The predicted octanol–water partition coefficient (Wildman–Crippen LogP) is 3.06. The van der Waals surface area contributed by atoms with Crippen LogP contribution in [0.4, 0.5) is 11.4 Å². The Kier molecular flexibility index (Phi) is 6.00. The third kappa shape index (κ3) is 4.52. The first-order valence-corrected chi connectivity index (χ1v) is 9.01. The van der Waals surface area contributed by atoms with E-state index in [0.717, 1.165) is 12.8 Å². The number of hydrogen-bond donors (Lipinski definition) is 2. The van der Waals surface area contributed by atoms with Gasteiger partial charge in [0.05, 0.1) is 22.3 Å². The molecule has 0 aromatic heterocycles. The van der Waals surface area contributed by atoms with Crippen LogP contribution in [0.3, 0.4) is 0 Å². The minimum atomic E-state index is -0.495. The van der Waals surface area contributed by atoms with Crippen molar-refractivity contribution in [2.45, 2.75) is 25.9 Å². The molecule has 1 heterocycles. The molecule has 3 rings (SSSR count). The molecule has 0 spiro atoms. The van der Waals surface area contributed by atoms with Gasteiger partial charge in [0.2, 0.25) is 0 Å². The molecule has 0 bridgehead atoms. The standard InChI is InChI=1S/C20H21N3O5/c1-13-11-14(8-9-18(13)23(26)27)19(24)22-17-7-3-2-6-16(17)20(25)21-12-15-5-4-10-28-15/h2-3,6-9,11,15H,4-5,10,12H2,1H3,(H,21,25)(H,22,24)/t15-/m0/s1. The largest absolute Gasteiger partial charge is 0.376 e. The maximum Gasteiger partial charge on any atom is 0.272 e. The molecular formula is C20H21N3O5. The molecular weight excluding hydrogens is 362 g/mol. The number of benzene rings is 2. The molecule has 1 aliphatic rings. The van der Waals surface area contributed by atoms with Crippen LogP contribution in [0.25, 0.3) is 0 Å². The van der Waals surface area contributed by atoms with E-state index in [0.29, 0.717) is 30.0 Å². The minimum absolute atomic E-state index is 0.0220. The van der Waals surface area contributed by atoms with Crippen LogP contribution in [-0.4, -0.2) is 36.0 Å². The molecule has 0 aliphatic carbocycles. The number of hydrogen-bond acceptors (Lipinski definition) is 5. The highest BCUT2D eigenvalue weighted by molar-refractivity contribution is 6.09. The summed E-state index contributed by atoms with van der Waals surface area (Å²) in [6, 6.07) is 10.8. The van der Waals surface area contributed by atoms with Crippen molar-refractivity contribution in [2.24, 2.45) is 0 Å². The molecule has 2 aromatic carbocycles. The van der Waals surface area contributed by atoms with Crippen LogP contribution < -0.4 is 10.6 Å². The van der Waals surface area contributed by atoms with E-state index in [1.807, 2.05) is 0 Å². The van der Waals surface area contributed by atoms with Crippen molar-refractivity contribution in [3.63, 3.8) is 0 Å². The van der Waals surface area contributed by atoms with E-state index >= 15 is 0 Å². The van der Waals surface area contributed by atoms with Crippen molar-refractivity contribution >= 4 is 23.2 Å². The highest BCUT2D eigenvalue weighted by atomic mass is 16.6. The van der Waals surface area contributed by atoms with Crippen molar-refractivity contribution in [2.75, 3.05) is 18.5 Å². The summed E-state index contributed by atoms with van der Waals surface area (Å²) in [5, 5.41) is 16.5. The van der Waals surface area contributed by atoms with Gasteiger partial charge in [0.25, 0.3) is 17.5 Å². The van der Waals surface area contributed by atoms with E-state index in [1.165, 1.54) is 18.2 Å². The first kappa shape index (κ1) is 19.5. The molecule has 28 heavy (non-hydrogen) atoms. The van der Waals surface area contributed by atoms with Gasteiger partial charge in [-0.3, -0.25) is 19.7 Å². The first-order valence-electron chi connectivity index (χ1n) is 9.01. The Morgan fingerprint density at radius 1 is 1.21 bits per heavy atom. The Morgan fingerprint density at radius 3 is 2.68 bits per heavy atom. The number of ether oxygens (including phenoxy) is 1. The molecule has 1 fully saturated rings. The number of amides is 2. The number of nitro groups is 1. The first-order chi connectivity index (χ1) is 13.5. The molecule has 2 amide bonds. The van der Waals surface area contributed by atoms with Crippen LogP contribution in [0.2, 0.25) is 0 Å². The molecule has 1 aliphatic heterocycles. The number of carbonyl (C=O) groups excluding carboxylic acids is 2. The zero-order chi connectivity index (χ0) is 20.1. The summed E-state index contributed by atoms with van der Waals surface area (Å²) in [7, 11) is 0.